The van der Waals surface area contributed by atoms with Crippen molar-refractivity contribution >= 4 is 0 Å². The maximum Gasteiger partial charge on any atom is 0.176 e. The van der Waals surface area contributed by atoms with Gasteiger partial charge in [-0.2, -0.15) is 0 Å². The van der Waals surface area contributed by atoms with E-state index in [0.29, 0.717) is 13.2 Å². The number of likely N-dealkylation sites (N-methyl/N-ethyl adjacent to an activating group) is 1. The number of aromatic nitrogens is 1. The molecule has 0 aliphatic carbocycles. The fourth-order valence-corrected chi connectivity index (χ4v) is 1.75. The monoisotopic (exact) mass is 254 g/mol. The predicted molar refractivity (Wildman–Crippen MR) is 69.6 cm³/mol. The molecule has 5 nitrogen and oxygen atoms in total. The van der Waals surface area contributed by atoms with E-state index in [4.69, 9.17) is 14.2 Å². The number of rotatable bonds is 8. The largest absolute Gasteiger partial charge is 0.495 e. The predicted octanol–water partition coefficient (Wildman–Crippen LogP) is 1.75. The molecule has 0 fully saturated rings. The highest BCUT2D eigenvalue weighted by Crippen LogP contribution is 2.22. The van der Waals surface area contributed by atoms with Gasteiger partial charge in [-0.25, -0.2) is 0 Å². The quantitative estimate of drug-likeness (QED) is 0.716. The number of pyridine rings is 1. The first kappa shape index (κ1) is 14.9. The summed E-state index contributed by atoms with van der Waals surface area (Å²) in [6.07, 6.45) is 3.13. The van der Waals surface area contributed by atoms with E-state index in [9.17, 15) is 0 Å². The molecule has 0 aliphatic rings. The SMILES string of the molecule is CCOC(OCC)C(NC)c1cncc(OC)c1. The molecule has 1 heterocycles. The van der Waals surface area contributed by atoms with Gasteiger partial charge in [0.1, 0.15) is 5.75 Å². The van der Waals surface area contributed by atoms with Gasteiger partial charge in [-0.15, -0.1) is 0 Å². The maximum absolute atomic E-state index is 5.61. The van der Waals surface area contributed by atoms with Crippen molar-refractivity contribution in [3.8, 4) is 5.75 Å². The lowest BCUT2D eigenvalue weighted by atomic mass is 10.1. The molecule has 0 radical (unpaired) electrons. The van der Waals surface area contributed by atoms with Crippen molar-refractivity contribution in [3.63, 3.8) is 0 Å². The first-order chi connectivity index (χ1) is 8.76. The van der Waals surface area contributed by atoms with E-state index in [0.717, 1.165) is 11.3 Å². The van der Waals surface area contributed by atoms with E-state index < -0.39 is 0 Å². The van der Waals surface area contributed by atoms with E-state index in [1.54, 1.807) is 19.5 Å². The number of hydrogen-bond donors (Lipinski definition) is 1. The molecule has 1 unspecified atom stereocenters. The van der Waals surface area contributed by atoms with Crippen molar-refractivity contribution in [2.45, 2.75) is 26.2 Å². The van der Waals surface area contributed by atoms with Gasteiger partial charge in [0.15, 0.2) is 6.29 Å². The van der Waals surface area contributed by atoms with Crippen molar-refractivity contribution in [2.75, 3.05) is 27.4 Å². The molecule has 1 N–H and O–H groups in total. The Morgan fingerprint density at radius 1 is 1.22 bits per heavy atom. The summed E-state index contributed by atoms with van der Waals surface area (Å²) in [5.74, 6) is 0.722. The highest BCUT2D eigenvalue weighted by atomic mass is 16.7. The van der Waals surface area contributed by atoms with Crippen molar-refractivity contribution in [2.24, 2.45) is 0 Å². The highest BCUT2D eigenvalue weighted by molar-refractivity contribution is 5.26. The average Bonchev–Trinajstić information content (AvgIpc) is 2.40. The third-order valence-corrected chi connectivity index (χ3v) is 2.57. The van der Waals surface area contributed by atoms with Gasteiger partial charge in [0, 0.05) is 19.4 Å². The van der Waals surface area contributed by atoms with E-state index in [2.05, 4.69) is 10.3 Å². The van der Waals surface area contributed by atoms with Crippen LogP contribution in [0.2, 0.25) is 0 Å². The van der Waals surface area contributed by atoms with E-state index in [1.807, 2.05) is 27.0 Å². The van der Waals surface area contributed by atoms with Crippen molar-refractivity contribution in [1.29, 1.82) is 0 Å². The lowest BCUT2D eigenvalue weighted by Gasteiger charge is -2.26. The summed E-state index contributed by atoms with van der Waals surface area (Å²) < 4.78 is 16.4. The van der Waals surface area contributed by atoms with Crippen LogP contribution in [0.5, 0.6) is 5.75 Å². The Labute approximate surface area is 108 Å². The molecule has 0 bridgehead atoms. The average molecular weight is 254 g/mol. The molecule has 1 rings (SSSR count). The number of hydrogen-bond acceptors (Lipinski definition) is 5. The van der Waals surface area contributed by atoms with Crippen molar-refractivity contribution in [3.05, 3.63) is 24.0 Å². The minimum atomic E-state index is -0.334. The van der Waals surface area contributed by atoms with Crippen LogP contribution < -0.4 is 10.1 Å². The van der Waals surface area contributed by atoms with Crippen LogP contribution in [0.1, 0.15) is 25.5 Å². The van der Waals surface area contributed by atoms with Crippen LogP contribution in [-0.4, -0.2) is 38.6 Å². The first-order valence-electron chi connectivity index (χ1n) is 6.16. The van der Waals surface area contributed by atoms with Gasteiger partial charge in [0.2, 0.25) is 0 Å². The fourth-order valence-electron chi connectivity index (χ4n) is 1.75. The standard InChI is InChI=1S/C13H22N2O3/c1-5-17-13(18-6-2)12(14-3)10-7-11(16-4)9-15-8-10/h7-9,12-14H,5-6H2,1-4H3. The van der Waals surface area contributed by atoms with Gasteiger partial charge < -0.3 is 19.5 Å². The summed E-state index contributed by atoms with van der Waals surface area (Å²) in [6.45, 7) is 5.09. The molecule has 1 aromatic heterocycles. The molecule has 5 heteroatoms. The molecule has 0 saturated carbocycles. The van der Waals surface area contributed by atoms with Crippen molar-refractivity contribution in [1.82, 2.24) is 10.3 Å². The minimum absolute atomic E-state index is 0.0764. The summed E-state index contributed by atoms with van der Waals surface area (Å²) >= 11 is 0. The van der Waals surface area contributed by atoms with Crippen LogP contribution in [0.3, 0.4) is 0 Å². The Morgan fingerprint density at radius 3 is 2.39 bits per heavy atom. The molecular weight excluding hydrogens is 232 g/mol. The molecule has 0 saturated heterocycles. The molecular formula is C13H22N2O3. The Kier molecular flexibility index (Phi) is 6.64. The summed E-state index contributed by atoms with van der Waals surface area (Å²) in [5.41, 5.74) is 0.976. The fraction of sp³-hybridized carbons (Fsp3) is 0.615. The second kappa shape index (κ2) is 8.02. The minimum Gasteiger partial charge on any atom is -0.495 e. The summed E-state index contributed by atoms with van der Waals surface area (Å²) in [7, 11) is 3.49. The summed E-state index contributed by atoms with van der Waals surface area (Å²) in [5, 5.41) is 3.19. The number of nitrogens with one attached hydrogen (secondary N) is 1. The first-order valence-corrected chi connectivity index (χ1v) is 6.16. The van der Waals surface area contributed by atoms with Gasteiger partial charge >= 0.3 is 0 Å². The van der Waals surface area contributed by atoms with Crippen LogP contribution in [0, 0.1) is 0 Å². The Morgan fingerprint density at radius 2 is 1.89 bits per heavy atom. The third kappa shape index (κ3) is 3.94. The number of nitrogens with zero attached hydrogens (tertiary/aromatic N) is 1. The van der Waals surface area contributed by atoms with E-state index in [1.165, 1.54) is 0 Å². The molecule has 1 atom stereocenters. The molecule has 0 amide bonds. The Hall–Kier alpha value is -1.17. The normalized spacial score (nSPS) is 12.7. The molecule has 18 heavy (non-hydrogen) atoms. The van der Waals surface area contributed by atoms with E-state index in [-0.39, 0.29) is 12.3 Å². The summed E-state index contributed by atoms with van der Waals surface area (Å²) in [6, 6.07) is 1.85. The number of methoxy groups -OCH3 is 1. The zero-order chi connectivity index (χ0) is 13.4. The second-order valence-electron chi connectivity index (χ2n) is 3.70. The lowest BCUT2D eigenvalue weighted by Crippen LogP contribution is -2.34. The van der Waals surface area contributed by atoms with Gasteiger partial charge in [0.25, 0.3) is 0 Å². The summed E-state index contributed by atoms with van der Waals surface area (Å²) in [4.78, 5) is 4.15. The number of ether oxygens (including phenoxy) is 3. The Bertz CT molecular complexity index is 341. The van der Waals surface area contributed by atoms with Gasteiger partial charge in [-0.3, -0.25) is 4.98 Å². The molecule has 1 aromatic rings. The highest BCUT2D eigenvalue weighted by Gasteiger charge is 2.23. The molecule has 0 aliphatic heterocycles. The van der Waals surface area contributed by atoms with Crippen LogP contribution in [0.4, 0.5) is 0 Å². The zero-order valence-electron chi connectivity index (χ0n) is 11.5. The lowest BCUT2D eigenvalue weighted by molar-refractivity contribution is -0.154. The smallest absolute Gasteiger partial charge is 0.176 e. The van der Waals surface area contributed by atoms with Gasteiger partial charge in [-0.1, -0.05) is 0 Å². The molecule has 0 spiro atoms. The zero-order valence-corrected chi connectivity index (χ0v) is 11.5. The van der Waals surface area contributed by atoms with E-state index >= 15 is 0 Å². The Balaban J connectivity index is 2.90. The van der Waals surface area contributed by atoms with Crippen LogP contribution >= 0.6 is 0 Å². The van der Waals surface area contributed by atoms with Crippen molar-refractivity contribution < 1.29 is 14.2 Å². The second-order valence-corrected chi connectivity index (χ2v) is 3.70. The van der Waals surface area contributed by atoms with Gasteiger partial charge in [-0.05, 0) is 32.5 Å². The molecule has 0 aromatic carbocycles. The third-order valence-electron chi connectivity index (χ3n) is 2.57. The van der Waals surface area contributed by atoms with Crippen LogP contribution in [-0.2, 0) is 9.47 Å². The van der Waals surface area contributed by atoms with Crippen LogP contribution in [0.25, 0.3) is 0 Å². The topological polar surface area (TPSA) is 52.6 Å². The van der Waals surface area contributed by atoms with Gasteiger partial charge in [0.05, 0.1) is 19.3 Å². The molecule has 102 valence electrons. The van der Waals surface area contributed by atoms with Crippen LogP contribution in [0.15, 0.2) is 18.5 Å². The maximum atomic E-state index is 5.61.